The fourth-order valence-corrected chi connectivity index (χ4v) is 0.941. The van der Waals surface area contributed by atoms with E-state index in [0.717, 1.165) is 0 Å². The zero-order valence-corrected chi connectivity index (χ0v) is 7.93. The first-order chi connectivity index (χ1) is 5.65. The van der Waals surface area contributed by atoms with Gasteiger partial charge in [-0.2, -0.15) is 0 Å². The molecular weight excluding hydrogens is 215 g/mol. The van der Waals surface area contributed by atoms with E-state index < -0.39 is 5.97 Å². The maximum absolute atomic E-state index is 10.5. The Hall–Kier alpha value is -0.970. The Bertz CT molecular complexity index is 317. The normalized spacial score (nSPS) is 8.77. The van der Waals surface area contributed by atoms with E-state index >= 15 is 0 Å². The van der Waals surface area contributed by atoms with Crippen molar-refractivity contribution >= 4 is 23.3 Å². The highest BCUT2D eigenvalue weighted by molar-refractivity contribution is 6.33. The van der Waals surface area contributed by atoms with Crippen molar-refractivity contribution < 1.29 is 22.3 Å². The van der Waals surface area contributed by atoms with Crippen LogP contribution in [0.3, 0.4) is 0 Å². The Labute approximate surface area is 86.1 Å². The summed E-state index contributed by atoms with van der Waals surface area (Å²) in [7, 11) is 0. The van der Waals surface area contributed by atoms with Gasteiger partial charge in [-0.3, -0.25) is 5.84 Å². The fraction of sp³-hybridized carbons (Fsp3) is 0. The highest BCUT2D eigenvalue weighted by Gasteiger charge is 2.05. The minimum atomic E-state index is -1.01. The lowest BCUT2D eigenvalue weighted by atomic mass is 10.2. The van der Waals surface area contributed by atoms with E-state index in [2.05, 4.69) is 5.43 Å². The molecule has 6 heteroatoms. The number of nitrogens with one attached hydrogen (secondary N) is 1. The molecule has 0 aliphatic rings. The molecule has 0 fully saturated rings. The number of hydrogen-bond acceptors (Lipinski definition) is 3. The average molecular weight is 222 g/mol. The van der Waals surface area contributed by atoms with Crippen LogP contribution in [0.5, 0.6) is 0 Å². The minimum absolute atomic E-state index is 0. The number of nitrogen functional groups attached to an aromatic ring is 1. The average Bonchev–Trinajstić information content (AvgIpc) is 2.05. The molecule has 13 heavy (non-hydrogen) atoms. The Morgan fingerprint density at radius 3 is 2.62 bits per heavy atom. The summed E-state index contributed by atoms with van der Waals surface area (Å²) in [5.74, 6) is 4.08. The largest absolute Gasteiger partial charge is 1.00 e. The SMILES string of the molecule is NNc1cc(C(=O)O)ccc1Cl.[Cl-]. The van der Waals surface area contributed by atoms with Crippen LogP contribution in [0, 0.1) is 0 Å². The smallest absolute Gasteiger partial charge is 0.335 e. The zero-order chi connectivity index (χ0) is 9.14. The number of hydrogen-bond donors (Lipinski definition) is 3. The van der Waals surface area contributed by atoms with E-state index in [4.69, 9.17) is 22.6 Å². The topological polar surface area (TPSA) is 75.3 Å². The number of carboxylic acids is 1. The van der Waals surface area contributed by atoms with E-state index in [1.54, 1.807) is 0 Å². The van der Waals surface area contributed by atoms with Crippen molar-refractivity contribution in [2.45, 2.75) is 0 Å². The van der Waals surface area contributed by atoms with Crippen molar-refractivity contribution in [1.82, 2.24) is 0 Å². The van der Waals surface area contributed by atoms with Gasteiger partial charge in [0.25, 0.3) is 0 Å². The maximum Gasteiger partial charge on any atom is 0.335 e. The van der Waals surface area contributed by atoms with Crippen LogP contribution in [0.25, 0.3) is 0 Å². The highest BCUT2D eigenvalue weighted by Crippen LogP contribution is 2.21. The van der Waals surface area contributed by atoms with E-state index in [1.165, 1.54) is 18.2 Å². The second kappa shape index (κ2) is 4.91. The van der Waals surface area contributed by atoms with E-state index in [0.29, 0.717) is 10.7 Å². The van der Waals surface area contributed by atoms with Crippen LogP contribution in [0.15, 0.2) is 18.2 Å². The highest BCUT2D eigenvalue weighted by atomic mass is 35.5. The zero-order valence-electron chi connectivity index (χ0n) is 6.42. The first-order valence-corrected chi connectivity index (χ1v) is 3.52. The van der Waals surface area contributed by atoms with Gasteiger partial charge in [0.05, 0.1) is 16.3 Å². The van der Waals surface area contributed by atoms with Crippen molar-refractivity contribution in [3.63, 3.8) is 0 Å². The third-order valence-corrected chi connectivity index (χ3v) is 1.70. The molecule has 4 nitrogen and oxygen atoms in total. The molecule has 1 aromatic carbocycles. The molecule has 0 atom stereocenters. The third-order valence-electron chi connectivity index (χ3n) is 1.37. The number of halogens is 2. The summed E-state index contributed by atoms with van der Waals surface area (Å²) in [6.07, 6.45) is 0. The van der Waals surface area contributed by atoms with E-state index in [9.17, 15) is 4.79 Å². The maximum atomic E-state index is 10.5. The minimum Gasteiger partial charge on any atom is -1.00 e. The fourth-order valence-electron chi connectivity index (χ4n) is 0.769. The predicted molar refractivity (Wildman–Crippen MR) is 46.2 cm³/mol. The molecule has 0 amide bonds. The summed E-state index contributed by atoms with van der Waals surface area (Å²) in [5, 5.41) is 8.98. The second-order valence-electron chi connectivity index (χ2n) is 2.14. The van der Waals surface area contributed by atoms with Crippen LogP contribution in [-0.2, 0) is 0 Å². The van der Waals surface area contributed by atoms with Crippen LogP contribution in [0.2, 0.25) is 5.02 Å². The van der Waals surface area contributed by atoms with Gasteiger partial charge in [0.1, 0.15) is 0 Å². The van der Waals surface area contributed by atoms with Gasteiger partial charge in [-0.05, 0) is 18.2 Å². The lowest BCUT2D eigenvalue weighted by Crippen LogP contribution is -3.00. The Morgan fingerprint density at radius 2 is 2.15 bits per heavy atom. The van der Waals surface area contributed by atoms with Gasteiger partial charge in [0, 0.05) is 0 Å². The van der Waals surface area contributed by atoms with Crippen LogP contribution in [-0.4, -0.2) is 11.1 Å². The van der Waals surface area contributed by atoms with Gasteiger partial charge < -0.3 is 22.9 Å². The van der Waals surface area contributed by atoms with Crippen molar-refractivity contribution in [2.24, 2.45) is 5.84 Å². The number of benzene rings is 1. The molecule has 72 valence electrons. The first-order valence-electron chi connectivity index (χ1n) is 3.14. The number of hydrazine groups is 1. The third kappa shape index (κ3) is 2.77. The molecule has 0 heterocycles. The lowest BCUT2D eigenvalue weighted by molar-refractivity contribution is -0.0000180. The van der Waals surface area contributed by atoms with Crippen molar-refractivity contribution in [3.05, 3.63) is 28.8 Å². The lowest BCUT2D eigenvalue weighted by Gasteiger charge is -2.03. The summed E-state index contributed by atoms with van der Waals surface area (Å²) in [6.45, 7) is 0. The molecule has 0 aliphatic heterocycles. The summed E-state index contributed by atoms with van der Waals surface area (Å²) in [4.78, 5) is 10.5. The summed E-state index contributed by atoms with van der Waals surface area (Å²) in [5.41, 5.74) is 2.84. The molecule has 1 rings (SSSR count). The van der Waals surface area contributed by atoms with Crippen LogP contribution in [0.1, 0.15) is 10.4 Å². The van der Waals surface area contributed by atoms with Crippen LogP contribution >= 0.6 is 11.6 Å². The first kappa shape index (κ1) is 12.0. The molecule has 0 bridgehead atoms. The molecule has 0 radical (unpaired) electrons. The van der Waals surface area contributed by atoms with Gasteiger partial charge >= 0.3 is 5.97 Å². The number of aromatic carboxylic acids is 1. The Morgan fingerprint density at radius 1 is 1.54 bits per heavy atom. The number of carbonyl (C=O) groups is 1. The van der Waals surface area contributed by atoms with Gasteiger partial charge in [-0.15, -0.1) is 0 Å². The van der Waals surface area contributed by atoms with Crippen molar-refractivity contribution in [2.75, 3.05) is 5.43 Å². The van der Waals surface area contributed by atoms with Crippen LogP contribution in [0.4, 0.5) is 5.69 Å². The van der Waals surface area contributed by atoms with Gasteiger partial charge in [0.15, 0.2) is 0 Å². The number of nitrogens with two attached hydrogens (primary N) is 1. The Kier molecular flexibility index (Phi) is 4.55. The number of carboxylic acid groups (broad SMARTS) is 1. The standard InChI is InChI=1S/C7H7ClN2O2.ClH/c8-5-2-1-4(7(11)12)3-6(5)10-9;/h1-3,10H,9H2,(H,11,12);1H/p-1. The second-order valence-corrected chi connectivity index (χ2v) is 2.55. The monoisotopic (exact) mass is 221 g/mol. The molecule has 0 saturated heterocycles. The molecule has 0 aromatic heterocycles. The Balaban J connectivity index is 0.00000144. The van der Waals surface area contributed by atoms with Crippen molar-refractivity contribution in [1.29, 1.82) is 0 Å². The molecule has 4 N–H and O–H groups in total. The predicted octanol–water partition coefficient (Wildman–Crippen LogP) is -1.67. The molecule has 0 saturated carbocycles. The van der Waals surface area contributed by atoms with Gasteiger partial charge in [-0.1, -0.05) is 11.6 Å². The summed E-state index contributed by atoms with van der Waals surface area (Å²) < 4.78 is 0. The number of rotatable bonds is 2. The van der Waals surface area contributed by atoms with E-state index in [1.807, 2.05) is 0 Å². The molecule has 0 spiro atoms. The molecule has 1 aromatic rings. The van der Waals surface area contributed by atoms with Crippen LogP contribution < -0.4 is 23.7 Å². The molecular formula is C7H7Cl2N2O2-. The summed E-state index contributed by atoms with van der Waals surface area (Å²) in [6, 6.07) is 4.25. The number of anilines is 1. The van der Waals surface area contributed by atoms with E-state index in [-0.39, 0.29) is 18.0 Å². The molecule has 0 unspecified atom stereocenters. The quantitative estimate of drug-likeness (QED) is 0.413. The van der Waals surface area contributed by atoms with Gasteiger partial charge in [-0.25, -0.2) is 4.79 Å². The summed E-state index contributed by atoms with van der Waals surface area (Å²) >= 11 is 5.67. The van der Waals surface area contributed by atoms with Gasteiger partial charge in [0.2, 0.25) is 0 Å². The molecule has 0 aliphatic carbocycles. The van der Waals surface area contributed by atoms with Crippen molar-refractivity contribution in [3.8, 4) is 0 Å².